The van der Waals surface area contributed by atoms with Crippen LogP contribution in [0.4, 0.5) is 0 Å². The molecule has 2 rings (SSSR count). The average molecular weight is 327 g/mol. The van der Waals surface area contributed by atoms with Crippen molar-refractivity contribution < 1.29 is 24.5 Å². The third-order valence-corrected chi connectivity index (χ3v) is 5.05. The summed E-state index contributed by atoms with van der Waals surface area (Å²) in [5.41, 5.74) is 0. The Bertz CT molecular complexity index is 644. The molecule has 2 aromatic rings. The second-order valence-corrected chi connectivity index (χ2v) is 6.26. The van der Waals surface area contributed by atoms with E-state index in [9.17, 15) is 14.7 Å². The summed E-state index contributed by atoms with van der Waals surface area (Å²) in [6, 6.07) is 5.00. The van der Waals surface area contributed by atoms with E-state index in [0.29, 0.717) is 10.2 Å². The minimum absolute atomic E-state index is 0.0139. The topological polar surface area (TPSA) is 83.8 Å². The predicted octanol–water partition coefficient (Wildman–Crippen LogP) is 1.66. The van der Waals surface area contributed by atoms with Gasteiger partial charge in [-0.2, -0.15) is 0 Å². The van der Waals surface area contributed by atoms with Crippen LogP contribution in [0.15, 0.2) is 18.2 Å². The summed E-state index contributed by atoms with van der Waals surface area (Å²) in [5.74, 6) is -0.700. The van der Waals surface area contributed by atoms with Crippen molar-refractivity contribution >= 4 is 35.9 Å². The van der Waals surface area contributed by atoms with Crippen molar-refractivity contribution in [2.24, 2.45) is 0 Å². The molecule has 0 spiro atoms. The van der Waals surface area contributed by atoms with Crippen LogP contribution in [0.5, 0.6) is 11.5 Å². The Morgan fingerprint density at radius 3 is 2.63 bits per heavy atom. The molecule has 6 heteroatoms. The monoisotopic (exact) mass is 328 g/mol. The van der Waals surface area contributed by atoms with Gasteiger partial charge in [0.15, 0.2) is 0 Å². The quantitative estimate of drug-likeness (QED) is 0.644. The molecule has 19 heavy (non-hydrogen) atoms. The molecular formula is C13H12O5Se. The molecule has 0 saturated heterocycles. The standard InChI is InChI=1S/C13H12O5Se/c1-18-10-6-11-7(4-9(10)15)5-12(19-11)8(14)2-3-13(16)17/h4-6,15H,2-3H2,1H3,(H,16,17). The third kappa shape index (κ3) is 2.97. The molecule has 0 fully saturated rings. The molecule has 0 radical (unpaired) electrons. The van der Waals surface area contributed by atoms with Gasteiger partial charge in [0.2, 0.25) is 0 Å². The Labute approximate surface area is 115 Å². The third-order valence-electron chi connectivity index (χ3n) is 2.66. The molecule has 1 aromatic heterocycles. The van der Waals surface area contributed by atoms with E-state index in [2.05, 4.69) is 0 Å². The van der Waals surface area contributed by atoms with E-state index in [1.807, 2.05) is 0 Å². The van der Waals surface area contributed by atoms with Crippen LogP contribution in [0, 0.1) is 0 Å². The maximum absolute atomic E-state index is 11.8. The van der Waals surface area contributed by atoms with E-state index in [-0.39, 0.29) is 38.9 Å². The summed E-state index contributed by atoms with van der Waals surface area (Å²) in [4.78, 5) is 22.3. The first-order valence-electron chi connectivity index (χ1n) is 5.57. The van der Waals surface area contributed by atoms with Gasteiger partial charge in [-0.1, -0.05) is 0 Å². The number of ether oxygens (including phenoxy) is 1. The van der Waals surface area contributed by atoms with E-state index < -0.39 is 5.97 Å². The Kier molecular flexibility index (Phi) is 3.93. The fourth-order valence-corrected chi connectivity index (χ4v) is 3.88. The van der Waals surface area contributed by atoms with Crippen molar-refractivity contribution in [3.8, 4) is 11.5 Å². The zero-order valence-corrected chi connectivity index (χ0v) is 11.9. The second-order valence-electron chi connectivity index (χ2n) is 3.99. The number of hydrogen-bond acceptors (Lipinski definition) is 4. The number of benzene rings is 1. The van der Waals surface area contributed by atoms with Gasteiger partial charge in [0, 0.05) is 0 Å². The van der Waals surface area contributed by atoms with Gasteiger partial charge >= 0.3 is 115 Å². The van der Waals surface area contributed by atoms with Crippen molar-refractivity contribution in [3.63, 3.8) is 0 Å². The maximum atomic E-state index is 11.8. The molecule has 0 bridgehead atoms. The number of aliphatic carboxylic acids is 1. The summed E-state index contributed by atoms with van der Waals surface area (Å²) in [5, 5.41) is 19.0. The number of phenols is 1. The molecule has 2 N–H and O–H groups in total. The number of carbonyl (C=O) groups is 2. The van der Waals surface area contributed by atoms with Crippen LogP contribution < -0.4 is 4.74 Å². The van der Waals surface area contributed by atoms with Crippen molar-refractivity contribution in [1.29, 1.82) is 0 Å². The number of fused-ring (bicyclic) bond motifs is 1. The first kappa shape index (κ1) is 13.6. The van der Waals surface area contributed by atoms with Crippen molar-refractivity contribution in [1.82, 2.24) is 0 Å². The molecule has 0 amide bonds. The summed E-state index contributed by atoms with van der Waals surface area (Å²) < 4.78 is 6.61. The number of hydrogen-bond donors (Lipinski definition) is 2. The minimum atomic E-state index is -0.976. The van der Waals surface area contributed by atoms with E-state index >= 15 is 0 Å². The number of rotatable bonds is 5. The zero-order chi connectivity index (χ0) is 14.0. The Morgan fingerprint density at radius 1 is 1.26 bits per heavy atom. The summed E-state index contributed by atoms with van der Waals surface area (Å²) in [6.07, 6.45) is -0.142. The first-order chi connectivity index (χ1) is 9.01. The molecule has 5 nitrogen and oxygen atoms in total. The molecule has 0 unspecified atom stereocenters. The van der Waals surface area contributed by atoms with E-state index in [0.717, 1.165) is 9.65 Å². The van der Waals surface area contributed by atoms with Gasteiger partial charge in [0.05, 0.1) is 0 Å². The number of carboxylic acid groups (broad SMARTS) is 1. The fraction of sp³-hybridized carbons (Fsp3) is 0.231. The van der Waals surface area contributed by atoms with Crippen molar-refractivity contribution in [2.45, 2.75) is 12.8 Å². The molecule has 0 aliphatic carbocycles. The Morgan fingerprint density at radius 2 is 2.00 bits per heavy atom. The average Bonchev–Trinajstić information content (AvgIpc) is 2.77. The zero-order valence-electron chi connectivity index (χ0n) is 10.2. The Balaban J connectivity index is 2.31. The van der Waals surface area contributed by atoms with Crippen LogP contribution in [0.2, 0.25) is 0 Å². The van der Waals surface area contributed by atoms with Gasteiger partial charge in [0.25, 0.3) is 0 Å². The predicted molar refractivity (Wildman–Crippen MR) is 70.3 cm³/mol. The molecule has 0 aliphatic heterocycles. The Hall–Kier alpha value is -1.78. The van der Waals surface area contributed by atoms with Gasteiger partial charge in [-0.15, -0.1) is 0 Å². The molecule has 0 aliphatic rings. The first-order valence-corrected chi connectivity index (χ1v) is 7.28. The van der Waals surface area contributed by atoms with Gasteiger partial charge in [-0.3, -0.25) is 0 Å². The molecule has 0 atom stereocenters. The molecular weight excluding hydrogens is 315 g/mol. The molecule has 0 saturated carbocycles. The number of aromatic hydroxyl groups is 1. The van der Waals surface area contributed by atoms with Gasteiger partial charge < -0.3 is 0 Å². The van der Waals surface area contributed by atoms with Crippen LogP contribution in [0.1, 0.15) is 22.1 Å². The van der Waals surface area contributed by atoms with Gasteiger partial charge in [0.1, 0.15) is 0 Å². The summed E-state index contributed by atoms with van der Waals surface area (Å²) >= 11 is -0.161. The summed E-state index contributed by atoms with van der Waals surface area (Å²) in [7, 11) is 1.47. The molecule has 1 heterocycles. The SMILES string of the molecule is COc1cc2[se]c(C(=O)CCC(=O)O)cc2cc1O. The van der Waals surface area contributed by atoms with E-state index in [4.69, 9.17) is 9.84 Å². The van der Waals surface area contributed by atoms with Crippen LogP contribution in [-0.4, -0.2) is 43.6 Å². The van der Waals surface area contributed by atoms with Crippen molar-refractivity contribution in [2.75, 3.05) is 7.11 Å². The van der Waals surface area contributed by atoms with Crippen molar-refractivity contribution in [3.05, 3.63) is 22.6 Å². The number of carbonyl (C=O) groups excluding carboxylic acids is 1. The van der Waals surface area contributed by atoms with Crippen LogP contribution in [-0.2, 0) is 4.79 Å². The van der Waals surface area contributed by atoms with Crippen LogP contribution in [0.25, 0.3) is 9.65 Å². The number of ketones is 1. The van der Waals surface area contributed by atoms with Crippen LogP contribution >= 0.6 is 0 Å². The fourth-order valence-electron chi connectivity index (χ4n) is 1.70. The van der Waals surface area contributed by atoms with Gasteiger partial charge in [-0.05, 0) is 0 Å². The second kappa shape index (κ2) is 5.46. The van der Waals surface area contributed by atoms with Crippen LogP contribution in [0.3, 0.4) is 0 Å². The van der Waals surface area contributed by atoms with E-state index in [1.165, 1.54) is 7.11 Å². The number of phenolic OH excluding ortho intramolecular Hbond substituents is 1. The molecule has 1 aromatic carbocycles. The summed E-state index contributed by atoms with van der Waals surface area (Å²) in [6.45, 7) is 0. The molecule has 100 valence electrons. The number of methoxy groups -OCH3 is 1. The van der Waals surface area contributed by atoms with Gasteiger partial charge in [-0.25, -0.2) is 0 Å². The number of Topliss-reactive ketones (excluding diaryl/α,β-unsaturated/α-hetero) is 1. The normalized spacial score (nSPS) is 10.6. The van der Waals surface area contributed by atoms with E-state index in [1.54, 1.807) is 18.2 Å². The number of carboxylic acids is 1.